The van der Waals surface area contributed by atoms with E-state index in [0.717, 1.165) is 12.1 Å². The number of anilines is 1. The maximum atomic E-state index is 12.8. The molecule has 6 nitrogen and oxygen atoms in total. The smallest absolute Gasteiger partial charge is 0.261 e. The molecule has 1 aromatic carbocycles. The zero-order valence-electron chi connectivity index (χ0n) is 10.8. The second-order valence-electron chi connectivity index (χ2n) is 4.04. The fourth-order valence-electron chi connectivity index (χ4n) is 1.55. The molecule has 0 aliphatic carbocycles. The van der Waals surface area contributed by atoms with Gasteiger partial charge in [-0.1, -0.05) is 0 Å². The summed E-state index contributed by atoms with van der Waals surface area (Å²) >= 11 is 0. The highest BCUT2D eigenvalue weighted by molar-refractivity contribution is 7.92. The number of aromatic nitrogens is 2. The minimum Gasteiger partial charge on any atom is -0.383 e. The predicted octanol–water partition coefficient (Wildman–Crippen LogP) is 1.47. The van der Waals surface area contributed by atoms with Crippen LogP contribution in [0, 0.1) is 5.82 Å². The molecule has 20 heavy (non-hydrogen) atoms. The predicted molar refractivity (Wildman–Crippen MR) is 71.3 cm³/mol. The second kappa shape index (κ2) is 6.02. The Kier molecular flexibility index (Phi) is 4.35. The first-order valence-corrected chi connectivity index (χ1v) is 7.29. The Morgan fingerprint density at radius 1 is 1.35 bits per heavy atom. The lowest BCUT2D eigenvalue weighted by Crippen LogP contribution is -2.12. The Balaban J connectivity index is 2.12. The standard InChI is InChI=1S/C12H14FN3O3S/c1-19-7-6-16-9-11(8-14-16)15-20(17,18)12-4-2-10(13)3-5-12/h2-5,8-9,15H,6-7H2,1H3. The summed E-state index contributed by atoms with van der Waals surface area (Å²) in [5.41, 5.74) is 0.338. The summed E-state index contributed by atoms with van der Waals surface area (Å²) in [4.78, 5) is -0.0106. The van der Waals surface area contributed by atoms with Crippen LogP contribution in [0.25, 0.3) is 0 Å². The number of methoxy groups -OCH3 is 1. The van der Waals surface area contributed by atoms with Crippen molar-refractivity contribution >= 4 is 15.7 Å². The van der Waals surface area contributed by atoms with E-state index in [9.17, 15) is 12.8 Å². The molecule has 0 unspecified atom stereocenters. The van der Waals surface area contributed by atoms with Crippen LogP contribution in [0.3, 0.4) is 0 Å². The first-order chi connectivity index (χ1) is 9.51. The third-order valence-electron chi connectivity index (χ3n) is 2.53. The molecule has 0 radical (unpaired) electrons. The monoisotopic (exact) mass is 299 g/mol. The van der Waals surface area contributed by atoms with Gasteiger partial charge in [-0.05, 0) is 24.3 Å². The SMILES string of the molecule is COCCn1cc(NS(=O)(=O)c2ccc(F)cc2)cn1. The molecule has 0 saturated heterocycles. The maximum Gasteiger partial charge on any atom is 0.261 e. The molecular formula is C12H14FN3O3S. The molecule has 0 aliphatic rings. The fourth-order valence-corrected chi connectivity index (χ4v) is 2.58. The summed E-state index contributed by atoms with van der Waals surface area (Å²) in [5.74, 6) is -0.490. The van der Waals surface area contributed by atoms with Crippen LogP contribution < -0.4 is 4.72 Å². The van der Waals surface area contributed by atoms with Crippen LogP contribution in [0.5, 0.6) is 0 Å². The van der Waals surface area contributed by atoms with Gasteiger partial charge in [0.25, 0.3) is 10.0 Å². The summed E-state index contributed by atoms with van der Waals surface area (Å²) in [6.07, 6.45) is 2.96. The molecule has 0 amide bonds. The lowest BCUT2D eigenvalue weighted by molar-refractivity contribution is 0.183. The van der Waals surface area contributed by atoms with Crippen molar-refractivity contribution in [1.29, 1.82) is 0 Å². The molecule has 1 heterocycles. The Morgan fingerprint density at radius 2 is 2.05 bits per heavy atom. The van der Waals surface area contributed by atoms with E-state index in [1.807, 2.05) is 0 Å². The minimum absolute atomic E-state index is 0.0106. The van der Waals surface area contributed by atoms with E-state index in [1.165, 1.54) is 18.3 Å². The van der Waals surface area contributed by atoms with E-state index in [4.69, 9.17) is 4.74 Å². The zero-order valence-corrected chi connectivity index (χ0v) is 11.6. The van der Waals surface area contributed by atoms with Gasteiger partial charge in [-0.2, -0.15) is 5.10 Å². The number of rotatable bonds is 6. The van der Waals surface area contributed by atoms with E-state index in [0.29, 0.717) is 18.8 Å². The molecule has 0 fully saturated rings. The quantitative estimate of drug-likeness (QED) is 0.876. The summed E-state index contributed by atoms with van der Waals surface area (Å²) in [5, 5.41) is 4.00. The van der Waals surface area contributed by atoms with Gasteiger partial charge in [0.1, 0.15) is 5.82 Å². The van der Waals surface area contributed by atoms with Gasteiger partial charge >= 0.3 is 0 Å². The lowest BCUT2D eigenvalue weighted by atomic mass is 10.4. The third kappa shape index (κ3) is 3.55. The number of halogens is 1. The van der Waals surface area contributed by atoms with Crippen LogP contribution in [0.2, 0.25) is 0 Å². The Bertz CT molecular complexity index is 668. The Labute approximate surface area is 116 Å². The van der Waals surface area contributed by atoms with Gasteiger partial charge < -0.3 is 4.74 Å². The highest BCUT2D eigenvalue weighted by atomic mass is 32.2. The van der Waals surface area contributed by atoms with E-state index < -0.39 is 15.8 Å². The van der Waals surface area contributed by atoms with Gasteiger partial charge in [0, 0.05) is 13.3 Å². The molecule has 1 N–H and O–H groups in total. The summed E-state index contributed by atoms with van der Waals surface area (Å²) in [6, 6.07) is 4.59. The largest absolute Gasteiger partial charge is 0.383 e. The van der Waals surface area contributed by atoms with Crippen molar-refractivity contribution in [2.75, 3.05) is 18.4 Å². The van der Waals surface area contributed by atoms with Crippen molar-refractivity contribution in [3.8, 4) is 0 Å². The van der Waals surface area contributed by atoms with Crippen molar-refractivity contribution in [1.82, 2.24) is 9.78 Å². The topological polar surface area (TPSA) is 73.2 Å². The molecule has 108 valence electrons. The fraction of sp³-hybridized carbons (Fsp3) is 0.250. The van der Waals surface area contributed by atoms with E-state index >= 15 is 0 Å². The van der Waals surface area contributed by atoms with Crippen LogP contribution in [-0.2, 0) is 21.3 Å². The average Bonchev–Trinajstić information content (AvgIpc) is 2.83. The first kappa shape index (κ1) is 14.5. The average molecular weight is 299 g/mol. The molecule has 0 bridgehead atoms. The normalized spacial score (nSPS) is 11.5. The summed E-state index contributed by atoms with van der Waals surface area (Å²) in [6.45, 7) is 1.00. The molecule has 0 spiro atoms. The number of nitrogens with zero attached hydrogens (tertiary/aromatic N) is 2. The van der Waals surface area contributed by atoms with Crippen molar-refractivity contribution in [3.63, 3.8) is 0 Å². The molecule has 8 heteroatoms. The first-order valence-electron chi connectivity index (χ1n) is 5.81. The van der Waals surface area contributed by atoms with Crippen LogP contribution >= 0.6 is 0 Å². The van der Waals surface area contributed by atoms with E-state index in [-0.39, 0.29) is 4.90 Å². The second-order valence-corrected chi connectivity index (χ2v) is 5.73. The minimum atomic E-state index is -3.74. The highest BCUT2D eigenvalue weighted by Crippen LogP contribution is 2.15. The molecular weight excluding hydrogens is 285 g/mol. The number of ether oxygens (including phenoxy) is 1. The highest BCUT2D eigenvalue weighted by Gasteiger charge is 2.15. The molecule has 1 aromatic heterocycles. The zero-order chi connectivity index (χ0) is 14.6. The lowest BCUT2D eigenvalue weighted by Gasteiger charge is -2.05. The van der Waals surface area contributed by atoms with Crippen molar-refractivity contribution < 1.29 is 17.5 Å². The van der Waals surface area contributed by atoms with E-state index in [2.05, 4.69) is 9.82 Å². The number of benzene rings is 1. The van der Waals surface area contributed by atoms with Crippen LogP contribution in [-0.4, -0.2) is 31.9 Å². The van der Waals surface area contributed by atoms with Gasteiger partial charge in [-0.3, -0.25) is 9.40 Å². The summed E-state index contributed by atoms with van der Waals surface area (Å²) < 4.78 is 45.7. The van der Waals surface area contributed by atoms with Crippen LogP contribution in [0.4, 0.5) is 10.1 Å². The Morgan fingerprint density at radius 3 is 2.70 bits per heavy atom. The van der Waals surface area contributed by atoms with Gasteiger partial charge in [0.2, 0.25) is 0 Å². The molecule has 0 saturated carbocycles. The third-order valence-corrected chi connectivity index (χ3v) is 3.93. The van der Waals surface area contributed by atoms with Crippen LogP contribution in [0.15, 0.2) is 41.6 Å². The number of nitrogens with one attached hydrogen (secondary N) is 1. The molecule has 0 atom stereocenters. The molecule has 0 aliphatic heterocycles. The Hall–Kier alpha value is -1.93. The van der Waals surface area contributed by atoms with Gasteiger partial charge in [0.15, 0.2) is 0 Å². The van der Waals surface area contributed by atoms with E-state index in [1.54, 1.807) is 18.0 Å². The van der Waals surface area contributed by atoms with Crippen molar-refractivity contribution in [2.24, 2.45) is 0 Å². The number of hydrogen-bond acceptors (Lipinski definition) is 4. The number of sulfonamides is 1. The summed E-state index contributed by atoms with van der Waals surface area (Å²) in [7, 11) is -2.17. The van der Waals surface area contributed by atoms with Gasteiger partial charge in [-0.25, -0.2) is 12.8 Å². The number of hydrogen-bond donors (Lipinski definition) is 1. The van der Waals surface area contributed by atoms with Crippen molar-refractivity contribution in [2.45, 2.75) is 11.4 Å². The maximum absolute atomic E-state index is 12.8. The van der Waals surface area contributed by atoms with Crippen molar-refractivity contribution in [3.05, 3.63) is 42.5 Å². The van der Waals surface area contributed by atoms with Gasteiger partial charge in [-0.15, -0.1) is 0 Å². The van der Waals surface area contributed by atoms with Crippen LogP contribution in [0.1, 0.15) is 0 Å². The molecule has 2 aromatic rings. The van der Waals surface area contributed by atoms with Gasteiger partial charge in [0.05, 0.1) is 29.9 Å². The molecule has 2 rings (SSSR count).